The van der Waals surface area contributed by atoms with E-state index < -0.39 is 22.6 Å². The van der Waals surface area contributed by atoms with Gasteiger partial charge in [0.15, 0.2) is 0 Å². The molecular weight excluding hydrogens is 464 g/mol. The van der Waals surface area contributed by atoms with E-state index in [0.717, 1.165) is 0 Å². The topological polar surface area (TPSA) is 156 Å². The molecule has 2 aromatic heterocycles. The lowest BCUT2D eigenvalue weighted by atomic mass is 10.1. The zero-order chi connectivity index (χ0) is 25.5. The van der Waals surface area contributed by atoms with Gasteiger partial charge in [0, 0.05) is 70.7 Å². The fraction of sp³-hybridized carbons (Fsp3) is 0. The number of amides is 3. The average Bonchev–Trinajstić information content (AvgIpc) is 2.89. The molecule has 0 atom stereocenters. The second-order valence-electron chi connectivity index (χ2n) is 7.44. The van der Waals surface area contributed by atoms with Gasteiger partial charge in [-0.05, 0) is 54.6 Å². The van der Waals surface area contributed by atoms with E-state index in [-0.39, 0.29) is 28.1 Å². The molecule has 36 heavy (non-hydrogen) atoms. The molecule has 0 radical (unpaired) electrons. The first kappa shape index (κ1) is 23.7. The number of aromatic nitrogens is 2. The van der Waals surface area contributed by atoms with Crippen molar-refractivity contribution in [3.63, 3.8) is 0 Å². The molecular formula is C25H18N6O5. The molecule has 0 aliphatic carbocycles. The maximum atomic E-state index is 12.9. The number of nitrogens with zero attached hydrogens (tertiary/aromatic N) is 3. The summed E-state index contributed by atoms with van der Waals surface area (Å²) < 4.78 is 0. The monoisotopic (exact) mass is 482 g/mol. The van der Waals surface area contributed by atoms with Crippen LogP contribution in [0.3, 0.4) is 0 Å². The third-order valence-electron chi connectivity index (χ3n) is 4.93. The molecule has 4 aromatic rings. The highest BCUT2D eigenvalue weighted by Crippen LogP contribution is 2.20. The Morgan fingerprint density at radius 3 is 1.44 bits per heavy atom. The third-order valence-corrected chi connectivity index (χ3v) is 4.93. The number of hydrogen-bond acceptors (Lipinski definition) is 7. The summed E-state index contributed by atoms with van der Waals surface area (Å²) in [5, 5.41) is 18.9. The minimum atomic E-state index is -0.572. The van der Waals surface area contributed by atoms with Crippen molar-refractivity contribution in [2.75, 3.05) is 16.0 Å². The van der Waals surface area contributed by atoms with E-state index in [1.807, 2.05) is 0 Å². The Balaban J connectivity index is 1.62. The molecule has 0 fully saturated rings. The van der Waals surface area contributed by atoms with E-state index in [1.165, 1.54) is 67.3 Å². The van der Waals surface area contributed by atoms with Gasteiger partial charge in [0.25, 0.3) is 23.4 Å². The molecule has 0 spiro atoms. The lowest BCUT2D eigenvalue weighted by molar-refractivity contribution is -0.384. The molecule has 4 rings (SSSR count). The van der Waals surface area contributed by atoms with Crippen LogP contribution in [-0.4, -0.2) is 32.6 Å². The van der Waals surface area contributed by atoms with E-state index in [1.54, 1.807) is 24.3 Å². The van der Waals surface area contributed by atoms with E-state index >= 15 is 0 Å². The van der Waals surface area contributed by atoms with E-state index in [9.17, 15) is 24.5 Å². The van der Waals surface area contributed by atoms with Gasteiger partial charge in [-0.25, -0.2) is 0 Å². The fourth-order valence-electron chi connectivity index (χ4n) is 3.18. The summed E-state index contributed by atoms with van der Waals surface area (Å²) in [7, 11) is 0. The normalized spacial score (nSPS) is 10.2. The van der Waals surface area contributed by atoms with Gasteiger partial charge < -0.3 is 16.0 Å². The minimum Gasteiger partial charge on any atom is -0.322 e. The zero-order valence-corrected chi connectivity index (χ0v) is 18.5. The largest absolute Gasteiger partial charge is 0.322 e. The van der Waals surface area contributed by atoms with Crippen LogP contribution in [0.2, 0.25) is 0 Å². The Kier molecular flexibility index (Phi) is 7.01. The minimum absolute atomic E-state index is 0.119. The molecule has 2 heterocycles. The number of carbonyl (C=O) groups excluding carboxylic acids is 3. The molecule has 0 aliphatic heterocycles. The Morgan fingerprint density at radius 2 is 1.00 bits per heavy atom. The van der Waals surface area contributed by atoms with Crippen LogP contribution in [0.15, 0.2) is 91.5 Å². The Labute approximate surface area is 204 Å². The SMILES string of the molecule is O=C(Nc1cc(C(=O)Nc2ccncc2)cc(C(=O)Nc2ccncc2)c1)c1ccc([N+](=O)[O-])cc1. The van der Waals surface area contributed by atoms with Crippen molar-refractivity contribution in [1.82, 2.24) is 9.97 Å². The number of carbonyl (C=O) groups is 3. The smallest absolute Gasteiger partial charge is 0.269 e. The highest BCUT2D eigenvalue weighted by atomic mass is 16.6. The predicted molar refractivity (Wildman–Crippen MR) is 132 cm³/mol. The molecule has 178 valence electrons. The molecule has 0 saturated heterocycles. The van der Waals surface area contributed by atoms with Crippen LogP contribution in [0.25, 0.3) is 0 Å². The van der Waals surface area contributed by atoms with Crippen LogP contribution in [0.4, 0.5) is 22.7 Å². The molecule has 11 heteroatoms. The van der Waals surface area contributed by atoms with Crippen molar-refractivity contribution >= 4 is 40.5 Å². The summed E-state index contributed by atoms with van der Waals surface area (Å²) in [6.07, 6.45) is 6.07. The predicted octanol–water partition coefficient (Wildman–Crippen LogP) is 4.14. The standard InChI is InChI=1S/C25H18N6O5/c32-23(16-1-3-22(4-2-16)31(35)36)30-21-14-17(24(33)28-19-5-9-26-10-6-19)13-18(15-21)25(34)29-20-7-11-27-12-8-20/h1-15H,(H,30,32)(H,26,28,33)(H,27,29,34). The molecule has 3 amide bonds. The van der Waals surface area contributed by atoms with Crippen LogP contribution < -0.4 is 16.0 Å². The summed E-state index contributed by atoms with van der Waals surface area (Å²) in [5.41, 5.74) is 1.42. The second-order valence-corrected chi connectivity index (χ2v) is 7.44. The number of hydrogen-bond donors (Lipinski definition) is 3. The first-order valence-corrected chi connectivity index (χ1v) is 10.5. The van der Waals surface area contributed by atoms with E-state index in [0.29, 0.717) is 11.4 Å². The van der Waals surface area contributed by atoms with Crippen molar-refractivity contribution in [1.29, 1.82) is 0 Å². The highest BCUT2D eigenvalue weighted by molar-refractivity contribution is 6.11. The van der Waals surface area contributed by atoms with Gasteiger partial charge in [-0.1, -0.05) is 0 Å². The number of nitro groups is 1. The summed E-state index contributed by atoms with van der Waals surface area (Å²) in [5.74, 6) is -1.59. The van der Waals surface area contributed by atoms with Crippen LogP contribution in [-0.2, 0) is 0 Å². The average molecular weight is 482 g/mol. The van der Waals surface area contributed by atoms with Gasteiger partial charge in [-0.2, -0.15) is 0 Å². The van der Waals surface area contributed by atoms with E-state index in [4.69, 9.17) is 0 Å². The Hall–Kier alpha value is -5.45. The first-order chi connectivity index (χ1) is 17.4. The summed E-state index contributed by atoms with van der Waals surface area (Å²) >= 11 is 0. The van der Waals surface area contributed by atoms with Crippen molar-refractivity contribution in [3.8, 4) is 0 Å². The van der Waals surface area contributed by atoms with Crippen molar-refractivity contribution < 1.29 is 19.3 Å². The Morgan fingerprint density at radius 1 is 0.583 bits per heavy atom. The number of anilines is 3. The second kappa shape index (κ2) is 10.7. The molecule has 2 aromatic carbocycles. The lowest BCUT2D eigenvalue weighted by Crippen LogP contribution is -2.18. The number of pyridine rings is 2. The van der Waals surface area contributed by atoms with Gasteiger partial charge in [0.1, 0.15) is 0 Å². The van der Waals surface area contributed by atoms with Gasteiger partial charge in [-0.3, -0.25) is 34.5 Å². The number of nitro benzene ring substituents is 1. The number of nitrogens with one attached hydrogen (secondary N) is 3. The molecule has 11 nitrogen and oxygen atoms in total. The van der Waals surface area contributed by atoms with E-state index in [2.05, 4.69) is 25.9 Å². The summed E-state index contributed by atoms with van der Waals surface area (Å²) in [6.45, 7) is 0. The lowest BCUT2D eigenvalue weighted by Gasteiger charge is -2.12. The molecule has 3 N–H and O–H groups in total. The molecule has 0 bridgehead atoms. The quantitative estimate of drug-likeness (QED) is 0.264. The van der Waals surface area contributed by atoms with Gasteiger partial charge in [0.2, 0.25) is 0 Å². The summed E-state index contributed by atoms with van der Waals surface area (Å²) in [4.78, 5) is 56.7. The maximum Gasteiger partial charge on any atom is 0.269 e. The number of non-ortho nitro benzene ring substituents is 1. The van der Waals surface area contributed by atoms with Crippen molar-refractivity contribution in [2.45, 2.75) is 0 Å². The number of benzene rings is 2. The van der Waals surface area contributed by atoms with Gasteiger partial charge >= 0.3 is 0 Å². The third kappa shape index (κ3) is 5.91. The zero-order valence-electron chi connectivity index (χ0n) is 18.5. The number of rotatable bonds is 7. The first-order valence-electron chi connectivity index (χ1n) is 10.5. The van der Waals surface area contributed by atoms with Crippen LogP contribution in [0, 0.1) is 10.1 Å². The fourth-order valence-corrected chi connectivity index (χ4v) is 3.18. The molecule has 0 aliphatic rings. The van der Waals surface area contributed by atoms with Crippen molar-refractivity contribution in [3.05, 3.63) is 118 Å². The highest BCUT2D eigenvalue weighted by Gasteiger charge is 2.16. The van der Waals surface area contributed by atoms with Crippen molar-refractivity contribution in [2.24, 2.45) is 0 Å². The van der Waals surface area contributed by atoms with Gasteiger partial charge in [0.05, 0.1) is 4.92 Å². The van der Waals surface area contributed by atoms with Crippen LogP contribution >= 0.6 is 0 Å². The molecule has 0 unspecified atom stereocenters. The maximum absolute atomic E-state index is 12.9. The van der Waals surface area contributed by atoms with Gasteiger partial charge in [-0.15, -0.1) is 0 Å². The molecule has 0 saturated carbocycles. The Bertz CT molecular complexity index is 1360. The van der Waals surface area contributed by atoms with Crippen LogP contribution in [0.1, 0.15) is 31.1 Å². The summed E-state index contributed by atoms with van der Waals surface area (Å²) in [6, 6.07) is 15.7. The van der Waals surface area contributed by atoms with Crippen LogP contribution in [0.5, 0.6) is 0 Å².